The third-order valence-corrected chi connectivity index (χ3v) is 6.98. The Morgan fingerprint density at radius 2 is 1.85 bits per heavy atom. The summed E-state index contributed by atoms with van der Waals surface area (Å²) in [4.78, 5) is 40.0. The van der Waals surface area contributed by atoms with Gasteiger partial charge in [0.15, 0.2) is 0 Å². The number of halogens is 1. The molecule has 0 saturated carbocycles. The molecule has 0 bridgehead atoms. The number of ether oxygens (including phenoxy) is 1. The Labute approximate surface area is 207 Å². The number of carbonyl (C=O) groups is 2. The smallest absolute Gasteiger partial charge is 0.417 e. The van der Waals surface area contributed by atoms with E-state index in [1.54, 1.807) is 20.8 Å². The van der Waals surface area contributed by atoms with Crippen LogP contribution in [0.1, 0.15) is 36.7 Å². The van der Waals surface area contributed by atoms with Crippen LogP contribution in [-0.2, 0) is 11.3 Å². The number of H-pyrrole nitrogens is 1. The van der Waals surface area contributed by atoms with Gasteiger partial charge in [-0.2, -0.15) is 0 Å². The molecule has 2 aliphatic rings. The van der Waals surface area contributed by atoms with Gasteiger partial charge in [0.25, 0.3) is 5.91 Å². The van der Waals surface area contributed by atoms with Crippen LogP contribution in [0.5, 0.6) is 0 Å². The van der Waals surface area contributed by atoms with E-state index in [1.807, 2.05) is 18.2 Å². The number of amides is 2. The number of imidazole rings is 1. The predicted molar refractivity (Wildman–Crippen MR) is 135 cm³/mol. The van der Waals surface area contributed by atoms with Gasteiger partial charge in [0.1, 0.15) is 11.4 Å². The molecule has 2 aromatic carbocycles. The Morgan fingerprint density at radius 1 is 1.12 bits per heavy atom. The average Bonchev–Trinajstić information content (AvgIpc) is 3.35. The van der Waals surface area contributed by atoms with Crippen LogP contribution in [-0.4, -0.2) is 70.6 Å². The van der Waals surface area contributed by atoms with E-state index in [-0.39, 0.29) is 12.5 Å². The summed E-state index contributed by atoms with van der Waals surface area (Å²) < 4.78 is 6.23. The third-order valence-electron chi connectivity index (χ3n) is 6.24. The highest BCUT2D eigenvalue weighted by atomic mass is 79.9. The first-order valence-corrected chi connectivity index (χ1v) is 12.2. The van der Waals surface area contributed by atoms with Crippen molar-refractivity contribution in [3.63, 3.8) is 0 Å². The van der Waals surface area contributed by atoms with E-state index in [4.69, 9.17) is 9.72 Å². The van der Waals surface area contributed by atoms with Gasteiger partial charge in [-0.3, -0.25) is 4.79 Å². The number of benzene rings is 2. The van der Waals surface area contributed by atoms with E-state index in [0.717, 1.165) is 57.8 Å². The lowest BCUT2D eigenvalue weighted by Gasteiger charge is -2.34. The van der Waals surface area contributed by atoms with Crippen molar-refractivity contribution < 1.29 is 14.3 Å². The molecule has 3 aromatic rings. The fourth-order valence-corrected chi connectivity index (χ4v) is 4.89. The molecular formula is C25H28BrN5O3. The first-order valence-electron chi connectivity index (χ1n) is 11.4. The average molecular weight is 526 g/mol. The van der Waals surface area contributed by atoms with Crippen molar-refractivity contribution in [2.45, 2.75) is 32.9 Å². The Kier molecular flexibility index (Phi) is 5.64. The van der Waals surface area contributed by atoms with E-state index < -0.39 is 11.7 Å². The number of nitrogens with zero attached hydrogens (tertiary/aromatic N) is 4. The maximum atomic E-state index is 13.3. The van der Waals surface area contributed by atoms with Crippen LogP contribution >= 0.6 is 15.9 Å². The number of hydrogen-bond acceptors (Lipinski definition) is 6. The molecule has 1 fully saturated rings. The zero-order valence-corrected chi connectivity index (χ0v) is 21.4. The molecule has 2 amide bonds. The van der Waals surface area contributed by atoms with Crippen LogP contribution in [0.25, 0.3) is 22.4 Å². The molecule has 0 spiro atoms. The van der Waals surface area contributed by atoms with Crippen molar-refractivity contribution >= 4 is 44.7 Å². The minimum atomic E-state index is -0.688. The number of aromatic nitrogens is 2. The fourth-order valence-electron chi connectivity index (χ4n) is 4.43. The molecular weight excluding hydrogens is 498 g/mol. The number of likely N-dealkylation sites (N-methyl/N-ethyl adjacent to an activating group) is 1. The highest BCUT2D eigenvalue weighted by molar-refractivity contribution is 9.10. The maximum Gasteiger partial charge on any atom is 0.417 e. The lowest BCUT2D eigenvalue weighted by Crippen LogP contribution is -2.44. The van der Waals surface area contributed by atoms with Gasteiger partial charge in [0.05, 0.1) is 23.1 Å². The largest absolute Gasteiger partial charge is 0.443 e. The van der Waals surface area contributed by atoms with Crippen LogP contribution in [0, 0.1) is 0 Å². The number of imide groups is 1. The first kappa shape index (κ1) is 22.9. The molecule has 0 radical (unpaired) electrons. The molecule has 2 aliphatic heterocycles. The third kappa shape index (κ3) is 4.18. The summed E-state index contributed by atoms with van der Waals surface area (Å²) >= 11 is 3.54. The molecule has 178 valence electrons. The summed E-state index contributed by atoms with van der Waals surface area (Å²) in [6.07, 6.45) is -0.645. The van der Waals surface area contributed by atoms with E-state index in [2.05, 4.69) is 49.9 Å². The van der Waals surface area contributed by atoms with Crippen molar-refractivity contribution in [2.75, 3.05) is 38.1 Å². The Morgan fingerprint density at radius 3 is 2.56 bits per heavy atom. The lowest BCUT2D eigenvalue weighted by molar-refractivity contribution is 0.0248. The minimum absolute atomic E-state index is 0.158. The number of fused-ring (bicyclic) bond motifs is 2. The number of rotatable bonds is 2. The predicted octanol–water partition coefficient (Wildman–Crippen LogP) is 4.64. The molecule has 0 aliphatic carbocycles. The van der Waals surface area contributed by atoms with Gasteiger partial charge < -0.3 is 19.5 Å². The highest BCUT2D eigenvalue weighted by Gasteiger charge is 2.38. The molecule has 3 heterocycles. The van der Waals surface area contributed by atoms with Gasteiger partial charge in [-0.25, -0.2) is 14.7 Å². The van der Waals surface area contributed by atoms with Crippen LogP contribution in [0.2, 0.25) is 0 Å². The molecule has 0 atom stereocenters. The molecule has 5 rings (SSSR count). The number of aromatic amines is 1. The fraction of sp³-hybridized carbons (Fsp3) is 0.400. The van der Waals surface area contributed by atoms with Crippen LogP contribution in [0.3, 0.4) is 0 Å². The van der Waals surface area contributed by atoms with Gasteiger partial charge in [0.2, 0.25) is 0 Å². The summed E-state index contributed by atoms with van der Waals surface area (Å²) in [6.45, 7) is 9.53. The van der Waals surface area contributed by atoms with Gasteiger partial charge >= 0.3 is 6.09 Å². The van der Waals surface area contributed by atoms with Crippen molar-refractivity contribution in [1.29, 1.82) is 0 Å². The van der Waals surface area contributed by atoms with Crippen molar-refractivity contribution in [3.05, 3.63) is 45.9 Å². The Bertz CT molecular complexity index is 1290. The molecule has 34 heavy (non-hydrogen) atoms. The molecule has 9 heteroatoms. The van der Waals surface area contributed by atoms with E-state index >= 15 is 0 Å². The molecule has 8 nitrogen and oxygen atoms in total. The standard InChI is InChI=1S/C25H28BrN5O3/c1-25(2,3)34-24(33)31-14-17-18(26)7-6-16(21(17)23(31)32)22-27-19-8-5-15(13-20(19)28-22)30-11-9-29(4)10-12-30/h5-8,13H,9-12,14H2,1-4H3,(H,27,28). The van der Waals surface area contributed by atoms with Gasteiger partial charge in [-0.05, 0) is 63.7 Å². The summed E-state index contributed by atoms with van der Waals surface area (Å²) in [5.74, 6) is 0.229. The molecule has 1 aromatic heterocycles. The quantitative estimate of drug-likeness (QED) is 0.525. The number of carbonyl (C=O) groups excluding carboxylic acids is 2. The molecule has 1 saturated heterocycles. The Balaban J connectivity index is 1.49. The van der Waals surface area contributed by atoms with Crippen molar-refractivity contribution in [1.82, 2.24) is 19.8 Å². The highest BCUT2D eigenvalue weighted by Crippen LogP contribution is 2.37. The normalized spacial score (nSPS) is 16.9. The second-order valence-electron chi connectivity index (χ2n) is 9.90. The van der Waals surface area contributed by atoms with Crippen LogP contribution in [0.15, 0.2) is 34.8 Å². The number of anilines is 1. The molecule has 0 unspecified atom stereocenters. The maximum absolute atomic E-state index is 13.3. The van der Waals surface area contributed by atoms with Gasteiger partial charge in [0, 0.05) is 41.9 Å². The van der Waals surface area contributed by atoms with Crippen LogP contribution in [0.4, 0.5) is 10.5 Å². The monoisotopic (exact) mass is 525 g/mol. The summed E-state index contributed by atoms with van der Waals surface area (Å²) in [6, 6.07) is 9.99. The summed E-state index contributed by atoms with van der Waals surface area (Å²) in [7, 11) is 2.14. The second-order valence-corrected chi connectivity index (χ2v) is 10.8. The summed E-state index contributed by atoms with van der Waals surface area (Å²) in [5.41, 5.74) is 4.10. The van der Waals surface area contributed by atoms with Gasteiger partial charge in [-0.1, -0.05) is 15.9 Å². The van der Waals surface area contributed by atoms with Crippen molar-refractivity contribution in [2.24, 2.45) is 0 Å². The van der Waals surface area contributed by atoms with E-state index in [9.17, 15) is 9.59 Å². The van der Waals surface area contributed by atoms with E-state index in [0.29, 0.717) is 17.0 Å². The summed E-state index contributed by atoms with van der Waals surface area (Å²) in [5, 5.41) is 0. The van der Waals surface area contributed by atoms with E-state index in [1.165, 1.54) is 0 Å². The van der Waals surface area contributed by atoms with Gasteiger partial charge in [-0.15, -0.1) is 0 Å². The lowest BCUT2D eigenvalue weighted by atomic mass is 10.0. The number of piperazine rings is 1. The van der Waals surface area contributed by atoms with Crippen molar-refractivity contribution in [3.8, 4) is 11.4 Å². The first-order chi connectivity index (χ1) is 16.1. The number of nitrogens with one attached hydrogen (secondary N) is 1. The minimum Gasteiger partial charge on any atom is -0.443 e. The molecule has 1 N–H and O–H groups in total. The SMILES string of the molecule is CN1CCN(c2ccc3[nH]c(-c4ccc(Br)c5c4C(=O)N(C(=O)OC(C)(C)C)C5)nc3c2)CC1. The topological polar surface area (TPSA) is 81.8 Å². The Hall–Kier alpha value is -2.91. The zero-order chi connectivity index (χ0) is 24.2. The second kappa shape index (κ2) is 8.39. The van der Waals surface area contributed by atoms with Crippen LogP contribution < -0.4 is 4.90 Å². The zero-order valence-electron chi connectivity index (χ0n) is 19.8. The number of hydrogen-bond donors (Lipinski definition) is 1.